The molecule has 0 saturated carbocycles. The van der Waals surface area contributed by atoms with Gasteiger partial charge in [-0.3, -0.25) is 4.79 Å². The normalized spacial score (nSPS) is 11.9. The van der Waals surface area contributed by atoms with E-state index in [-0.39, 0.29) is 19.0 Å². The van der Waals surface area contributed by atoms with Gasteiger partial charge in [-0.25, -0.2) is 9.98 Å². The number of guanidine groups is 1. The fraction of sp³-hybridized carbons (Fsp3) is 0.389. The zero-order valence-electron chi connectivity index (χ0n) is 16.2. The topological polar surface area (TPSA) is 87.6 Å². The summed E-state index contributed by atoms with van der Waals surface area (Å²) in [5, 5.41) is 9.99. The smallest absolute Gasteiger partial charge is 0.434 e. The molecule has 1 heterocycles. The number of halogens is 3. The maximum Gasteiger partial charge on any atom is 0.434 e. The van der Waals surface area contributed by atoms with Gasteiger partial charge >= 0.3 is 6.18 Å². The van der Waals surface area contributed by atoms with Gasteiger partial charge < -0.3 is 20.7 Å². The number of benzene rings is 1. The number of aliphatic imine (C=N–C) groups is 1. The number of nitrogens with one attached hydrogen (secondary N) is 3. The van der Waals surface area contributed by atoms with Crippen molar-refractivity contribution in [1.82, 2.24) is 15.6 Å². The Bertz CT molecular complexity index is 867. The van der Waals surface area contributed by atoms with E-state index in [0.29, 0.717) is 28.9 Å². The van der Waals surface area contributed by atoms with Crippen LogP contribution in [0.1, 0.15) is 30.1 Å². The highest BCUT2D eigenvalue weighted by molar-refractivity contribution is 7.09. The third-order valence-electron chi connectivity index (χ3n) is 3.59. The summed E-state index contributed by atoms with van der Waals surface area (Å²) in [7, 11) is 1.51. The molecule has 0 saturated heterocycles. The molecule has 1 aromatic carbocycles. The zero-order valence-corrected chi connectivity index (χ0v) is 17.0. The van der Waals surface area contributed by atoms with Gasteiger partial charge in [0.2, 0.25) is 5.91 Å². The molecule has 3 N–H and O–H groups in total. The van der Waals surface area contributed by atoms with Crippen LogP contribution in [0.3, 0.4) is 0 Å². The van der Waals surface area contributed by atoms with Crippen molar-refractivity contribution in [3.63, 3.8) is 0 Å². The van der Waals surface area contributed by atoms with Crippen molar-refractivity contribution in [3.05, 3.63) is 39.8 Å². The van der Waals surface area contributed by atoms with Crippen LogP contribution >= 0.6 is 11.3 Å². The third kappa shape index (κ3) is 6.93. The standard InChI is InChI=1S/C18H22F3N5O2S/c1-4-22-17(24-9-16-26-15(10-29-16)18(19,20)21)23-8-12-5-6-14(28-3)13(7-12)25-11(2)27/h5-7,10H,4,8-9H2,1-3H3,(H,25,27)(H2,22,23,24). The fourth-order valence-electron chi connectivity index (χ4n) is 2.33. The first kappa shape index (κ1) is 22.5. The first-order valence-corrected chi connectivity index (χ1v) is 9.59. The van der Waals surface area contributed by atoms with Gasteiger partial charge in [0.1, 0.15) is 10.8 Å². The molecule has 1 amide bonds. The molecule has 0 fully saturated rings. The summed E-state index contributed by atoms with van der Waals surface area (Å²) >= 11 is 0.932. The Labute approximate surface area is 170 Å². The molecule has 1 aromatic heterocycles. The van der Waals surface area contributed by atoms with E-state index in [1.807, 2.05) is 13.0 Å². The van der Waals surface area contributed by atoms with Crippen LogP contribution in [0.2, 0.25) is 0 Å². The van der Waals surface area contributed by atoms with Crippen molar-refractivity contribution in [3.8, 4) is 5.75 Å². The van der Waals surface area contributed by atoms with Gasteiger partial charge in [-0.15, -0.1) is 11.3 Å². The van der Waals surface area contributed by atoms with E-state index in [2.05, 4.69) is 25.9 Å². The van der Waals surface area contributed by atoms with Gasteiger partial charge in [-0.2, -0.15) is 13.2 Å². The number of carbonyl (C=O) groups is 1. The van der Waals surface area contributed by atoms with Crippen LogP contribution in [0.5, 0.6) is 5.75 Å². The minimum Gasteiger partial charge on any atom is -0.495 e. The molecule has 0 bridgehead atoms. The first-order valence-electron chi connectivity index (χ1n) is 8.71. The Morgan fingerprint density at radius 3 is 2.66 bits per heavy atom. The molecule has 0 aliphatic rings. The van der Waals surface area contributed by atoms with Crippen LogP contribution in [-0.4, -0.2) is 30.5 Å². The molecule has 0 aliphatic carbocycles. The Morgan fingerprint density at radius 1 is 1.31 bits per heavy atom. The van der Waals surface area contributed by atoms with E-state index < -0.39 is 11.9 Å². The van der Waals surface area contributed by atoms with Crippen LogP contribution in [0, 0.1) is 0 Å². The number of carbonyl (C=O) groups excluding carboxylic acids is 1. The largest absolute Gasteiger partial charge is 0.495 e. The van der Waals surface area contributed by atoms with Crippen LogP contribution in [-0.2, 0) is 24.1 Å². The molecule has 0 aliphatic heterocycles. The Kier molecular flexibility index (Phi) is 7.82. The van der Waals surface area contributed by atoms with E-state index in [1.165, 1.54) is 14.0 Å². The predicted octanol–water partition coefficient (Wildman–Crippen LogP) is 3.38. The molecule has 0 radical (unpaired) electrons. The third-order valence-corrected chi connectivity index (χ3v) is 4.44. The van der Waals surface area contributed by atoms with Crippen molar-refractivity contribution < 1.29 is 22.7 Å². The lowest BCUT2D eigenvalue weighted by molar-refractivity contribution is -0.140. The number of amides is 1. The Morgan fingerprint density at radius 2 is 2.07 bits per heavy atom. The highest BCUT2D eigenvalue weighted by Gasteiger charge is 2.33. The molecule has 7 nitrogen and oxygen atoms in total. The summed E-state index contributed by atoms with van der Waals surface area (Å²) in [5.74, 6) is 0.746. The van der Waals surface area contributed by atoms with Crippen molar-refractivity contribution in [2.75, 3.05) is 19.0 Å². The minimum atomic E-state index is -4.45. The molecule has 11 heteroatoms. The number of methoxy groups -OCH3 is 1. The van der Waals surface area contributed by atoms with Crippen molar-refractivity contribution in [2.24, 2.45) is 4.99 Å². The zero-order chi connectivity index (χ0) is 21.4. The van der Waals surface area contributed by atoms with Crippen LogP contribution in [0.4, 0.5) is 18.9 Å². The molecule has 29 heavy (non-hydrogen) atoms. The average molecular weight is 429 g/mol. The van der Waals surface area contributed by atoms with Gasteiger partial charge in [-0.1, -0.05) is 6.07 Å². The summed E-state index contributed by atoms with van der Waals surface area (Å²) in [6, 6.07) is 5.29. The second-order valence-corrected chi connectivity index (χ2v) is 6.83. The van der Waals surface area contributed by atoms with E-state index in [0.717, 1.165) is 22.3 Å². The molecule has 2 rings (SSSR count). The monoisotopic (exact) mass is 429 g/mol. The van der Waals surface area contributed by atoms with Crippen LogP contribution < -0.4 is 20.7 Å². The molecular formula is C18H22F3N5O2S. The Balaban J connectivity index is 2.06. The minimum absolute atomic E-state index is 0.117. The lowest BCUT2D eigenvalue weighted by Gasteiger charge is -2.12. The summed E-state index contributed by atoms with van der Waals surface area (Å²) in [4.78, 5) is 19.3. The molecule has 0 atom stereocenters. The fourth-order valence-corrected chi connectivity index (χ4v) is 3.08. The molecule has 0 spiro atoms. The van der Waals surface area contributed by atoms with Crippen LogP contribution in [0.25, 0.3) is 0 Å². The van der Waals surface area contributed by atoms with Gasteiger partial charge in [0.15, 0.2) is 11.7 Å². The lowest BCUT2D eigenvalue weighted by Crippen LogP contribution is -2.36. The van der Waals surface area contributed by atoms with Crippen molar-refractivity contribution >= 4 is 28.9 Å². The number of rotatable bonds is 7. The quantitative estimate of drug-likeness (QED) is 0.464. The maximum absolute atomic E-state index is 12.6. The average Bonchev–Trinajstić information content (AvgIpc) is 3.13. The maximum atomic E-state index is 12.6. The number of hydrogen-bond donors (Lipinski definition) is 3. The lowest BCUT2D eigenvalue weighted by atomic mass is 10.2. The molecule has 2 aromatic rings. The highest BCUT2D eigenvalue weighted by atomic mass is 32.1. The molecule has 0 unspecified atom stereocenters. The predicted molar refractivity (Wildman–Crippen MR) is 106 cm³/mol. The second kappa shape index (κ2) is 10.1. The van der Waals surface area contributed by atoms with Gasteiger partial charge in [0.05, 0.1) is 25.9 Å². The second-order valence-electron chi connectivity index (χ2n) is 5.89. The molecule has 158 valence electrons. The number of thiazole rings is 1. The molecular weight excluding hydrogens is 407 g/mol. The summed E-state index contributed by atoms with van der Waals surface area (Å²) in [5.41, 5.74) is 0.457. The number of hydrogen-bond acceptors (Lipinski definition) is 5. The van der Waals surface area contributed by atoms with E-state index >= 15 is 0 Å². The summed E-state index contributed by atoms with van der Waals surface area (Å²) in [6.45, 7) is 4.27. The number of ether oxygens (including phenoxy) is 1. The highest BCUT2D eigenvalue weighted by Crippen LogP contribution is 2.30. The van der Waals surface area contributed by atoms with E-state index in [9.17, 15) is 18.0 Å². The van der Waals surface area contributed by atoms with Gasteiger partial charge in [-0.05, 0) is 24.6 Å². The first-order chi connectivity index (χ1) is 13.7. The van der Waals surface area contributed by atoms with Gasteiger partial charge in [0, 0.05) is 18.8 Å². The number of aromatic nitrogens is 1. The number of anilines is 1. The van der Waals surface area contributed by atoms with Gasteiger partial charge in [0.25, 0.3) is 0 Å². The van der Waals surface area contributed by atoms with Crippen molar-refractivity contribution in [1.29, 1.82) is 0 Å². The van der Waals surface area contributed by atoms with E-state index in [4.69, 9.17) is 4.74 Å². The number of nitrogens with zero attached hydrogens (tertiary/aromatic N) is 2. The summed E-state index contributed by atoms with van der Waals surface area (Å²) in [6.07, 6.45) is -4.45. The van der Waals surface area contributed by atoms with Crippen LogP contribution in [0.15, 0.2) is 28.6 Å². The SMILES string of the molecule is CCNC(=NCc1ccc(OC)c(NC(C)=O)c1)NCc1nc(C(F)(F)F)cs1. The number of alkyl halides is 3. The summed E-state index contributed by atoms with van der Waals surface area (Å²) < 4.78 is 43.2. The van der Waals surface area contributed by atoms with E-state index in [1.54, 1.807) is 12.1 Å². The van der Waals surface area contributed by atoms with Crippen molar-refractivity contribution in [2.45, 2.75) is 33.1 Å². The Hall–Kier alpha value is -2.82.